The lowest BCUT2D eigenvalue weighted by atomic mass is 10.0. The Bertz CT molecular complexity index is 699. The summed E-state index contributed by atoms with van der Waals surface area (Å²) in [5.74, 6) is 1.90. The molecule has 0 aliphatic carbocycles. The molecule has 3 rings (SSSR count). The molecule has 2 aromatic rings. The number of carbonyl (C=O) groups is 1. The summed E-state index contributed by atoms with van der Waals surface area (Å²) in [4.78, 5) is 26.7. The van der Waals surface area contributed by atoms with Crippen LogP contribution in [0.3, 0.4) is 0 Å². The van der Waals surface area contributed by atoms with Gasteiger partial charge in [-0.05, 0) is 20.3 Å². The maximum Gasteiger partial charge on any atom is 0.219 e. The molecule has 1 unspecified atom stereocenters. The SMILES string of the molecule is CC(=O)N1CCC(c2cc(Nc3nc(C)cs3)nc(C)n2)C1. The average molecular weight is 317 g/mol. The first-order valence-electron chi connectivity index (χ1n) is 7.31. The van der Waals surface area contributed by atoms with Gasteiger partial charge in [0.2, 0.25) is 5.91 Å². The van der Waals surface area contributed by atoms with Gasteiger partial charge in [0.05, 0.1) is 11.4 Å². The van der Waals surface area contributed by atoms with Crippen LogP contribution < -0.4 is 5.32 Å². The van der Waals surface area contributed by atoms with Gasteiger partial charge in [-0.2, -0.15) is 0 Å². The van der Waals surface area contributed by atoms with Gasteiger partial charge in [0.1, 0.15) is 11.6 Å². The third-order valence-corrected chi connectivity index (χ3v) is 4.64. The topological polar surface area (TPSA) is 71.0 Å². The number of aryl methyl sites for hydroxylation is 2. The number of hydrogen-bond donors (Lipinski definition) is 1. The van der Waals surface area contributed by atoms with E-state index in [2.05, 4.69) is 20.3 Å². The molecule has 6 nitrogen and oxygen atoms in total. The molecule has 3 heterocycles. The van der Waals surface area contributed by atoms with Crippen LogP contribution in [0, 0.1) is 13.8 Å². The van der Waals surface area contributed by atoms with Gasteiger partial charge in [-0.3, -0.25) is 4.79 Å². The monoisotopic (exact) mass is 317 g/mol. The molecule has 1 N–H and O–H groups in total. The molecule has 1 amide bonds. The lowest BCUT2D eigenvalue weighted by molar-refractivity contribution is -0.127. The summed E-state index contributed by atoms with van der Waals surface area (Å²) in [6, 6.07) is 1.97. The summed E-state index contributed by atoms with van der Waals surface area (Å²) < 4.78 is 0. The Kier molecular flexibility index (Phi) is 4.06. The predicted octanol–water partition coefficient (Wildman–Crippen LogP) is 2.63. The Balaban J connectivity index is 1.79. The standard InChI is InChI=1S/C15H19N5OS/c1-9-8-22-15(16-9)19-14-6-13(17-10(2)18-14)12-4-5-20(7-12)11(3)21/h6,8,12H,4-5,7H2,1-3H3,(H,16,17,18,19). The fourth-order valence-corrected chi connectivity index (χ4v) is 3.37. The van der Waals surface area contributed by atoms with Crippen LogP contribution in [0.4, 0.5) is 10.9 Å². The van der Waals surface area contributed by atoms with E-state index < -0.39 is 0 Å². The summed E-state index contributed by atoms with van der Waals surface area (Å²) in [6.07, 6.45) is 0.950. The average Bonchev–Trinajstić information content (AvgIpc) is 3.07. The van der Waals surface area contributed by atoms with E-state index in [1.807, 2.05) is 30.2 Å². The van der Waals surface area contributed by atoms with Crippen molar-refractivity contribution in [3.05, 3.63) is 28.7 Å². The highest BCUT2D eigenvalue weighted by atomic mass is 32.1. The molecule has 0 spiro atoms. The van der Waals surface area contributed by atoms with E-state index in [4.69, 9.17) is 0 Å². The number of thiazole rings is 1. The number of aromatic nitrogens is 3. The number of anilines is 2. The maximum absolute atomic E-state index is 11.5. The van der Waals surface area contributed by atoms with Crippen LogP contribution >= 0.6 is 11.3 Å². The number of amides is 1. The van der Waals surface area contributed by atoms with Crippen molar-refractivity contribution in [1.29, 1.82) is 0 Å². The number of hydrogen-bond acceptors (Lipinski definition) is 6. The van der Waals surface area contributed by atoms with Crippen molar-refractivity contribution in [2.45, 2.75) is 33.1 Å². The molecule has 22 heavy (non-hydrogen) atoms. The number of carbonyl (C=O) groups excluding carboxylic acids is 1. The first-order valence-corrected chi connectivity index (χ1v) is 8.19. The van der Waals surface area contributed by atoms with Gasteiger partial charge >= 0.3 is 0 Å². The molecule has 0 aromatic carbocycles. The third-order valence-electron chi connectivity index (χ3n) is 3.76. The van der Waals surface area contributed by atoms with E-state index in [9.17, 15) is 4.79 Å². The zero-order valence-electron chi connectivity index (χ0n) is 13.0. The first-order chi connectivity index (χ1) is 10.5. The van der Waals surface area contributed by atoms with Crippen LogP contribution in [0.15, 0.2) is 11.4 Å². The van der Waals surface area contributed by atoms with E-state index in [0.29, 0.717) is 0 Å². The Morgan fingerprint density at radius 2 is 2.18 bits per heavy atom. The van der Waals surface area contributed by atoms with E-state index in [0.717, 1.165) is 47.7 Å². The minimum atomic E-state index is 0.130. The van der Waals surface area contributed by atoms with Crippen LogP contribution in [-0.4, -0.2) is 38.8 Å². The molecule has 1 aliphatic rings. The van der Waals surface area contributed by atoms with Crippen LogP contribution in [0.25, 0.3) is 0 Å². The second kappa shape index (κ2) is 6.00. The van der Waals surface area contributed by atoms with Gasteiger partial charge in [0.25, 0.3) is 0 Å². The molecule has 1 aliphatic heterocycles. The summed E-state index contributed by atoms with van der Waals surface area (Å²) in [7, 11) is 0. The molecular formula is C15H19N5OS. The molecule has 0 bridgehead atoms. The fourth-order valence-electron chi connectivity index (χ4n) is 2.67. The van der Waals surface area contributed by atoms with Crippen molar-refractivity contribution in [1.82, 2.24) is 19.9 Å². The second-order valence-corrected chi connectivity index (χ2v) is 6.45. The third kappa shape index (κ3) is 3.24. The Hall–Kier alpha value is -2.02. The zero-order valence-corrected chi connectivity index (χ0v) is 13.8. The summed E-state index contributed by atoms with van der Waals surface area (Å²) >= 11 is 1.56. The van der Waals surface area contributed by atoms with Gasteiger partial charge < -0.3 is 10.2 Å². The van der Waals surface area contributed by atoms with Crippen LogP contribution in [0.2, 0.25) is 0 Å². The molecular weight excluding hydrogens is 298 g/mol. The van der Waals surface area contributed by atoms with E-state index in [1.54, 1.807) is 18.3 Å². The molecule has 1 fully saturated rings. The first kappa shape index (κ1) is 14.9. The van der Waals surface area contributed by atoms with Crippen molar-refractivity contribution >= 4 is 28.2 Å². The van der Waals surface area contributed by atoms with Crippen molar-refractivity contribution < 1.29 is 4.79 Å². The van der Waals surface area contributed by atoms with Crippen molar-refractivity contribution in [3.63, 3.8) is 0 Å². The van der Waals surface area contributed by atoms with Gasteiger partial charge in [0, 0.05) is 37.4 Å². The fraction of sp³-hybridized carbons (Fsp3) is 0.467. The number of nitrogens with one attached hydrogen (secondary N) is 1. The maximum atomic E-state index is 11.5. The van der Waals surface area contributed by atoms with E-state index in [1.165, 1.54) is 0 Å². The van der Waals surface area contributed by atoms with Gasteiger partial charge in [-0.15, -0.1) is 11.3 Å². The van der Waals surface area contributed by atoms with Crippen molar-refractivity contribution in [2.24, 2.45) is 0 Å². The summed E-state index contributed by atoms with van der Waals surface area (Å²) in [5, 5.41) is 6.07. The molecule has 0 saturated carbocycles. The Morgan fingerprint density at radius 3 is 2.82 bits per heavy atom. The Labute approximate surface area is 133 Å². The molecule has 1 atom stereocenters. The number of likely N-dealkylation sites (tertiary alicyclic amines) is 1. The lowest BCUT2D eigenvalue weighted by Gasteiger charge is -2.14. The van der Waals surface area contributed by atoms with Crippen LogP contribution in [0.1, 0.15) is 36.5 Å². The van der Waals surface area contributed by atoms with E-state index >= 15 is 0 Å². The zero-order chi connectivity index (χ0) is 15.7. The molecule has 0 radical (unpaired) electrons. The van der Waals surface area contributed by atoms with Crippen molar-refractivity contribution in [2.75, 3.05) is 18.4 Å². The highest BCUT2D eigenvalue weighted by Crippen LogP contribution is 2.28. The largest absolute Gasteiger partial charge is 0.342 e. The minimum Gasteiger partial charge on any atom is -0.342 e. The highest BCUT2D eigenvalue weighted by molar-refractivity contribution is 7.13. The van der Waals surface area contributed by atoms with Gasteiger partial charge in [-0.25, -0.2) is 15.0 Å². The second-order valence-electron chi connectivity index (χ2n) is 5.59. The highest BCUT2D eigenvalue weighted by Gasteiger charge is 2.27. The summed E-state index contributed by atoms with van der Waals surface area (Å²) in [5.41, 5.74) is 1.98. The molecule has 1 saturated heterocycles. The van der Waals surface area contributed by atoms with Crippen molar-refractivity contribution in [3.8, 4) is 0 Å². The quantitative estimate of drug-likeness (QED) is 0.942. The lowest BCUT2D eigenvalue weighted by Crippen LogP contribution is -2.25. The smallest absolute Gasteiger partial charge is 0.219 e. The molecule has 2 aromatic heterocycles. The summed E-state index contributed by atoms with van der Waals surface area (Å²) in [6.45, 7) is 7.01. The van der Waals surface area contributed by atoms with E-state index in [-0.39, 0.29) is 11.8 Å². The molecule has 116 valence electrons. The minimum absolute atomic E-state index is 0.130. The van der Waals surface area contributed by atoms with Gasteiger partial charge in [-0.1, -0.05) is 0 Å². The Morgan fingerprint density at radius 1 is 1.36 bits per heavy atom. The normalized spacial score (nSPS) is 17.8. The van der Waals surface area contributed by atoms with Crippen LogP contribution in [-0.2, 0) is 4.79 Å². The van der Waals surface area contributed by atoms with Gasteiger partial charge in [0.15, 0.2) is 5.13 Å². The van der Waals surface area contributed by atoms with Crippen LogP contribution in [0.5, 0.6) is 0 Å². The number of nitrogens with zero attached hydrogens (tertiary/aromatic N) is 4. The number of rotatable bonds is 3. The molecule has 7 heteroatoms. The predicted molar refractivity (Wildman–Crippen MR) is 86.5 cm³/mol.